The molecule has 0 spiro atoms. The number of hydrogen-bond acceptors (Lipinski definition) is 3. The molecule has 0 saturated heterocycles. The lowest BCUT2D eigenvalue weighted by Crippen LogP contribution is -2.44. The van der Waals surface area contributed by atoms with Crippen molar-refractivity contribution in [1.82, 2.24) is 13.4 Å². The van der Waals surface area contributed by atoms with Gasteiger partial charge in [-0.25, -0.2) is 0 Å². The SMILES string of the molecule is CCN(C)[SiH2]N(C)[SiH2]N(C)CC. The third-order valence-electron chi connectivity index (χ3n) is 2.05. The number of hydrogen-bond donors (Lipinski definition) is 0. The van der Waals surface area contributed by atoms with Crippen LogP contribution in [0, 0.1) is 0 Å². The molecule has 5 heteroatoms. The van der Waals surface area contributed by atoms with E-state index in [0.717, 1.165) is 0 Å². The second-order valence-electron chi connectivity index (χ2n) is 3.48. The van der Waals surface area contributed by atoms with Crippen LogP contribution in [0.25, 0.3) is 0 Å². The highest BCUT2D eigenvalue weighted by molar-refractivity contribution is 6.46. The molecule has 0 fully saturated rings. The summed E-state index contributed by atoms with van der Waals surface area (Å²) in [7, 11) is 6.51. The third-order valence-corrected chi connectivity index (χ3v) is 6.07. The van der Waals surface area contributed by atoms with Gasteiger partial charge in [0.15, 0.2) is 19.7 Å². The highest BCUT2D eigenvalue weighted by Gasteiger charge is 2.04. The molecule has 0 heterocycles. The van der Waals surface area contributed by atoms with Crippen molar-refractivity contribution in [3.05, 3.63) is 0 Å². The smallest absolute Gasteiger partial charge is 0.166 e. The molecule has 12 heavy (non-hydrogen) atoms. The van der Waals surface area contributed by atoms with Crippen molar-refractivity contribution >= 4 is 19.7 Å². The van der Waals surface area contributed by atoms with Gasteiger partial charge in [-0.15, -0.1) is 0 Å². The van der Waals surface area contributed by atoms with Gasteiger partial charge in [0.25, 0.3) is 0 Å². The molecule has 0 aliphatic heterocycles. The molecule has 0 unspecified atom stereocenters. The second kappa shape index (κ2) is 6.79. The summed E-state index contributed by atoms with van der Waals surface area (Å²) in [4.78, 5) is 0. The van der Waals surface area contributed by atoms with Crippen LogP contribution in [-0.4, -0.2) is 67.3 Å². The molecule has 0 aromatic heterocycles. The fourth-order valence-corrected chi connectivity index (χ4v) is 5.52. The number of rotatable bonds is 6. The van der Waals surface area contributed by atoms with E-state index < -0.39 is 0 Å². The maximum Gasteiger partial charge on any atom is 0.166 e. The fraction of sp³-hybridized carbons (Fsp3) is 1.00. The standard InChI is InChI=1S/C7H23N3Si2/c1-6-8(3)11-10(5)12-9(4)7-2/h6-7,11-12H2,1-5H3. The van der Waals surface area contributed by atoms with E-state index in [2.05, 4.69) is 48.4 Å². The predicted molar refractivity (Wildman–Crippen MR) is 61.5 cm³/mol. The van der Waals surface area contributed by atoms with Crippen molar-refractivity contribution in [3.8, 4) is 0 Å². The van der Waals surface area contributed by atoms with E-state index in [1.807, 2.05) is 0 Å². The van der Waals surface area contributed by atoms with Gasteiger partial charge in [0.1, 0.15) is 0 Å². The molecule has 0 aromatic rings. The quantitative estimate of drug-likeness (QED) is 0.506. The lowest BCUT2D eigenvalue weighted by molar-refractivity contribution is 0.498. The molecule has 0 atom stereocenters. The van der Waals surface area contributed by atoms with Gasteiger partial charge in [-0.05, 0) is 34.2 Å². The highest BCUT2D eigenvalue weighted by Crippen LogP contribution is 1.85. The van der Waals surface area contributed by atoms with Crippen molar-refractivity contribution in [2.75, 3.05) is 34.2 Å². The topological polar surface area (TPSA) is 9.72 Å². The highest BCUT2D eigenvalue weighted by atomic mass is 28.3. The first kappa shape index (κ1) is 12.3. The third kappa shape index (κ3) is 5.90. The molecule has 0 aliphatic rings. The summed E-state index contributed by atoms with van der Waals surface area (Å²) in [6.07, 6.45) is 0. The Hall–Kier alpha value is 0.314. The Balaban J connectivity index is 3.51. The molecule has 3 nitrogen and oxygen atoms in total. The van der Waals surface area contributed by atoms with Crippen molar-refractivity contribution < 1.29 is 0 Å². The molecular weight excluding hydrogens is 182 g/mol. The maximum atomic E-state index is 2.59. The molecule has 74 valence electrons. The molecule has 0 radical (unpaired) electrons. The molecule has 0 saturated carbocycles. The first-order valence-electron chi connectivity index (χ1n) is 4.65. The molecule has 0 bridgehead atoms. The summed E-state index contributed by atoms with van der Waals surface area (Å²) in [5, 5.41) is 0. The van der Waals surface area contributed by atoms with E-state index >= 15 is 0 Å². The fourth-order valence-electron chi connectivity index (χ4n) is 1.07. The largest absolute Gasteiger partial charge is 0.334 e. The Morgan fingerprint density at radius 2 is 1.17 bits per heavy atom. The van der Waals surface area contributed by atoms with E-state index in [0.29, 0.717) is 0 Å². The van der Waals surface area contributed by atoms with Crippen LogP contribution < -0.4 is 0 Å². The minimum absolute atomic E-state index is 0.105. The van der Waals surface area contributed by atoms with Crippen LogP contribution in [0.2, 0.25) is 0 Å². The lowest BCUT2D eigenvalue weighted by atomic mass is 10.8. The van der Waals surface area contributed by atoms with Crippen LogP contribution in [0.1, 0.15) is 13.8 Å². The zero-order valence-electron chi connectivity index (χ0n) is 9.17. The normalized spacial score (nSPS) is 14.0. The van der Waals surface area contributed by atoms with Crippen LogP contribution in [0.5, 0.6) is 0 Å². The summed E-state index contributed by atoms with van der Waals surface area (Å²) in [5.41, 5.74) is 0. The molecular formula is C7H23N3Si2. The monoisotopic (exact) mass is 205 g/mol. The van der Waals surface area contributed by atoms with Gasteiger partial charge >= 0.3 is 0 Å². The summed E-state index contributed by atoms with van der Waals surface area (Å²) in [6, 6.07) is 0. The Bertz CT molecular complexity index is 101. The zero-order chi connectivity index (χ0) is 9.56. The summed E-state index contributed by atoms with van der Waals surface area (Å²) < 4.78 is 7.53. The van der Waals surface area contributed by atoms with Crippen molar-refractivity contribution in [2.24, 2.45) is 0 Å². The van der Waals surface area contributed by atoms with Crippen LogP contribution in [0.15, 0.2) is 0 Å². The van der Waals surface area contributed by atoms with Gasteiger partial charge in [-0.2, -0.15) is 0 Å². The average Bonchev–Trinajstić information content (AvgIpc) is 2.03. The van der Waals surface area contributed by atoms with Gasteiger partial charge in [0, 0.05) is 0 Å². The van der Waals surface area contributed by atoms with E-state index in [1.54, 1.807) is 0 Å². The molecule has 0 aliphatic carbocycles. The van der Waals surface area contributed by atoms with E-state index in [4.69, 9.17) is 0 Å². The Kier molecular flexibility index (Phi) is 6.97. The van der Waals surface area contributed by atoms with Crippen LogP contribution in [-0.2, 0) is 0 Å². The second-order valence-corrected chi connectivity index (χ2v) is 9.26. The van der Waals surface area contributed by atoms with Crippen LogP contribution >= 0.6 is 0 Å². The van der Waals surface area contributed by atoms with Crippen molar-refractivity contribution in [1.29, 1.82) is 0 Å². The molecule has 0 amide bonds. The van der Waals surface area contributed by atoms with Gasteiger partial charge in [0.05, 0.1) is 0 Å². The average molecular weight is 205 g/mol. The lowest BCUT2D eigenvalue weighted by Gasteiger charge is -2.26. The van der Waals surface area contributed by atoms with Crippen molar-refractivity contribution in [2.45, 2.75) is 13.8 Å². The summed E-state index contributed by atoms with van der Waals surface area (Å²) in [6.45, 7) is 6.85. The van der Waals surface area contributed by atoms with Gasteiger partial charge in [-0.3, -0.25) is 0 Å². The first-order valence-corrected chi connectivity index (χ1v) is 7.18. The Morgan fingerprint density at radius 1 is 0.833 bits per heavy atom. The van der Waals surface area contributed by atoms with Gasteiger partial charge in [0.2, 0.25) is 0 Å². The van der Waals surface area contributed by atoms with Crippen molar-refractivity contribution in [3.63, 3.8) is 0 Å². The summed E-state index contributed by atoms with van der Waals surface area (Å²) in [5.74, 6) is 0. The molecule has 0 aromatic carbocycles. The predicted octanol–water partition coefficient (Wildman–Crippen LogP) is -1.18. The van der Waals surface area contributed by atoms with Gasteiger partial charge < -0.3 is 13.4 Å². The Labute approximate surface area is 81.7 Å². The molecule has 0 N–H and O–H groups in total. The van der Waals surface area contributed by atoms with E-state index in [9.17, 15) is 0 Å². The first-order chi connectivity index (χ1) is 5.60. The van der Waals surface area contributed by atoms with Gasteiger partial charge in [-0.1, -0.05) is 13.8 Å². The minimum atomic E-state index is -0.105. The number of nitrogens with zero attached hydrogens (tertiary/aromatic N) is 3. The Morgan fingerprint density at radius 3 is 1.42 bits per heavy atom. The van der Waals surface area contributed by atoms with Crippen LogP contribution in [0.4, 0.5) is 0 Å². The van der Waals surface area contributed by atoms with E-state index in [-0.39, 0.29) is 19.7 Å². The van der Waals surface area contributed by atoms with Crippen LogP contribution in [0.3, 0.4) is 0 Å². The summed E-state index contributed by atoms with van der Waals surface area (Å²) >= 11 is 0. The van der Waals surface area contributed by atoms with E-state index in [1.165, 1.54) is 13.1 Å². The molecule has 0 rings (SSSR count). The minimum Gasteiger partial charge on any atom is -0.334 e. The maximum absolute atomic E-state index is 2.59. The zero-order valence-corrected chi connectivity index (χ0v) is 12.0.